The van der Waals surface area contributed by atoms with Crippen molar-refractivity contribution in [3.63, 3.8) is 0 Å². The van der Waals surface area contributed by atoms with E-state index in [9.17, 15) is 23.2 Å². The number of aliphatic carboxylic acids is 1. The van der Waals surface area contributed by atoms with Crippen molar-refractivity contribution >= 4 is 17.8 Å². The number of nitrogens with zero attached hydrogens (tertiary/aromatic N) is 1. The van der Waals surface area contributed by atoms with Crippen molar-refractivity contribution in [2.75, 3.05) is 13.1 Å². The van der Waals surface area contributed by atoms with Crippen molar-refractivity contribution in [2.45, 2.75) is 38.7 Å². The van der Waals surface area contributed by atoms with E-state index in [1.165, 1.54) is 13.8 Å². The molecule has 1 rings (SSSR count). The Morgan fingerprint density at radius 2 is 1.95 bits per heavy atom. The van der Waals surface area contributed by atoms with Gasteiger partial charge in [0.25, 0.3) is 0 Å². The molecule has 1 aliphatic carbocycles. The number of carbonyl (C=O) groups excluding carboxylic acids is 2. The van der Waals surface area contributed by atoms with Crippen LogP contribution in [0.5, 0.6) is 0 Å². The van der Waals surface area contributed by atoms with E-state index in [1.54, 1.807) is 0 Å². The summed E-state index contributed by atoms with van der Waals surface area (Å²) in [6.07, 6.45) is -1.09. The van der Waals surface area contributed by atoms with Crippen LogP contribution < -0.4 is 5.32 Å². The van der Waals surface area contributed by atoms with Crippen LogP contribution in [0.15, 0.2) is 0 Å². The van der Waals surface area contributed by atoms with Gasteiger partial charge in [0.05, 0.1) is 0 Å². The number of rotatable bonds is 6. The lowest BCUT2D eigenvalue weighted by Gasteiger charge is -2.38. The number of halogens is 2. The zero-order valence-corrected chi connectivity index (χ0v) is 11.4. The van der Waals surface area contributed by atoms with E-state index in [-0.39, 0.29) is 19.0 Å². The molecule has 0 bridgehead atoms. The maximum absolute atomic E-state index is 12.8. The number of carboxylic acid groups (broad SMARTS) is 1. The van der Waals surface area contributed by atoms with Crippen LogP contribution in [0.1, 0.15) is 26.7 Å². The molecule has 8 heteroatoms. The summed E-state index contributed by atoms with van der Waals surface area (Å²) in [4.78, 5) is 34.8. The van der Waals surface area contributed by atoms with Gasteiger partial charge < -0.3 is 15.3 Å². The molecule has 0 saturated heterocycles. The fraction of sp³-hybridized carbons (Fsp3) is 0.750. The third-order valence-electron chi connectivity index (χ3n) is 3.27. The van der Waals surface area contributed by atoms with Gasteiger partial charge in [-0.05, 0) is 6.92 Å². The number of amides is 2. The van der Waals surface area contributed by atoms with Crippen LogP contribution in [0.2, 0.25) is 0 Å². The fourth-order valence-electron chi connectivity index (χ4n) is 2.05. The Balaban J connectivity index is 2.64. The van der Waals surface area contributed by atoms with Gasteiger partial charge in [0.15, 0.2) is 0 Å². The molecule has 20 heavy (non-hydrogen) atoms. The van der Waals surface area contributed by atoms with Crippen LogP contribution >= 0.6 is 0 Å². The van der Waals surface area contributed by atoms with E-state index >= 15 is 0 Å². The summed E-state index contributed by atoms with van der Waals surface area (Å²) in [7, 11) is 0. The molecule has 1 aliphatic rings. The molecule has 0 aromatic carbocycles. The molecule has 0 aromatic heterocycles. The number of carbonyl (C=O) groups is 3. The van der Waals surface area contributed by atoms with E-state index in [2.05, 4.69) is 5.32 Å². The highest BCUT2D eigenvalue weighted by Gasteiger charge is 2.50. The molecule has 0 heterocycles. The first-order valence-corrected chi connectivity index (χ1v) is 6.29. The summed E-state index contributed by atoms with van der Waals surface area (Å²) in [5.74, 6) is -5.81. The second-order valence-electron chi connectivity index (χ2n) is 4.99. The lowest BCUT2D eigenvalue weighted by Crippen LogP contribution is -2.53. The predicted octanol–water partition coefficient (Wildman–Crippen LogP) is 0.469. The van der Waals surface area contributed by atoms with Gasteiger partial charge in [-0.15, -0.1) is 0 Å². The summed E-state index contributed by atoms with van der Waals surface area (Å²) in [6, 6.07) is -1.12. The zero-order valence-electron chi connectivity index (χ0n) is 11.4. The number of carboxylic acids is 1. The Morgan fingerprint density at radius 3 is 2.35 bits per heavy atom. The molecule has 2 amide bonds. The smallest absolute Gasteiger partial charge is 0.326 e. The highest BCUT2D eigenvalue weighted by molar-refractivity contribution is 5.85. The van der Waals surface area contributed by atoms with Crippen molar-refractivity contribution in [1.29, 1.82) is 0 Å². The van der Waals surface area contributed by atoms with Gasteiger partial charge in [0, 0.05) is 38.8 Å². The van der Waals surface area contributed by atoms with Crippen LogP contribution in [0.3, 0.4) is 0 Å². The Kier molecular flexibility index (Phi) is 5.02. The van der Waals surface area contributed by atoms with Gasteiger partial charge in [0.2, 0.25) is 17.7 Å². The molecular weight excluding hydrogens is 274 g/mol. The molecular formula is C12H18F2N2O4. The van der Waals surface area contributed by atoms with E-state index in [0.29, 0.717) is 0 Å². The molecule has 2 N–H and O–H groups in total. The zero-order chi connectivity index (χ0) is 15.5. The molecule has 1 unspecified atom stereocenters. The molecule has 1 fully saturated rings. The Hall–Kier alpha value is -1.73. The van der Waals surface area contributed by atoms with Crippen molar-refractivity contribution in [3.05, 3.63) is 0 Å². The molecule has 0 spiro atoms. The molecule has 0 aliphatic heterocycles. The minimum atomic E-state index is -2.84. The van der Waals surface area contributed by atoms with E-state index < -0.39 is 42.6 Å². The minimum Gasteiger partial charge on any atom is -0.480 e. The molecule has 1 saturated carbocycles. The average Bonchev–Trinajstić information content (AvgIpc) is 2.29. The summed E-state index contributed by atoms with van der Waals surface area (Å²) >= 11 is 0. The number of alkyl halides is 2. The van der Waals surface area contributed by atoms with Crippen LogP contribution in [0.4, 0.5) is 8.78 Å². The fourth-order valence-corrected chi connectivity index (χ4v) is 2.05. The van der Waals surface area contributed by atoms with Crippen molar-refractivity contribution in [1.82, 2.24) is 10.2 Å². The lowest BCUT2D eigenvalue weighted by molar-refractivity contribution is -0.165. The number of nitrogens with one attached hydrogen (secondary N) is 1. The van der Waals surface area contributed by atoms with Crippen molar-refractivity contribution in [3.8, 4) is 0 Å². The molecule has 114 valence electrons. The highest BCUT2D eigenvalue weighted by atomic mass is 19.3. The SMILES string of the molecule is CC(=O)NCCN(C(=O)C1CC(F)(F)C1)C(C)C(=O)O. The predicted molar refractivity (Wildman–Crippen MR) is 65.2 cm³/mol. The average molecular weight is 292 g/mol. The molecule has 1 atom stereocenters. The largest absolute Gasteiger partial charge is 0.480 e. The van der Waals surface area contributed by atoms with Crippen LogP contribution in [-0.4, -0.2) is 52.8 Å². The summed E-state index contributed by atoms with van der Waals surface area (Å²) in [5, 5.41) is 11.4. The lowest BCUT2D eigenvalue weighted by atomic mass is 9.80. The number of hydrogen-bond acceptors (Lipinski definition) is 3. The normalized spacial score (nSPS) is 18.8. The van der Waals surface area contributed by atoms with Gasteiger partial charge in [-0.25, -0.2) is 13.6 Å². The first-order valence-electron chi connectivity index (χ1n) is 6.29. The highest BCUT2D eigenvalue weighted by Crippen LogP contribution is 2.43. The molecule has 0 aromatic rings. The third-order valence-corrected chi connectivity index (χ3v) is 3.27. The van der Waals surface area contributed by atoms with Crippen LogP contribution in [0.25, 0.3) is 0 Å². The quantitative estimate of drug-likeness (QED) is 0.745. The first kappa shape index (κ1) is 16.3. The summed E-state index contributed by atoms with van der Waals surface area (Å²) < 4.78 is 25.6. The Morgan fingerprint density at radius 1 is 1.40 bits per heavy atom. The van der Waals surface area contributed by atoms with Gasteiger partial charge in [0.1, 0.15) is 6.04 Å². The van der Waals surface area contributed by atoms with Gasteiger partial charge in [-0.1, -0.05) is 0 Å². The van der Waals surface area contributed by atoms with Crippen LogP contribution in [0, 0.1) is 5.92 Å². The second kappa shape index (κ2) is 6.15. The standard InChI is InChI=1S/C12H18F2N2O4/c1-7(11(19)20)16(4-3-15-8(2)17)10(18)9-5-12(13,14)6-9/h7,9H,3-6H2,1-2H3,(H,15,17)(H,19,20). The van der Waals surface area contributed by atoms with Gasteiger partial charge in [-0.3, -0.25) is 9.59 Å². The van der Waals surface area contributed by atoms with E-state index in [1.807, 2.05) is 0 Å². The van der Waals surface area contributed by atoms with Gasteiger partial charge in [-0.2, -0.15) is 0 Å². The third kappa shape index (κ3) is 4.14. The molecule has 6 nitrogen and oxygen atoms in total. The van der Waals surface area contributed by atoms with Gasteiger partial charge >= 0.3 is 5.97 Å². The summed E-state index contributed by atoms with van der Waals surface area (Å²) in [5.41, 5.74) is 0. The second-order valence-corrected chi connectivity index (χ2v) is 4.99. The van der Waals surface area contributed by atoms with Crippen LogP contribution in [-0.2, 0) is 14.4 Å². The summed E-state index contributed by atoms with van der Waals surface area (Å²) in [6.45, 7) is 2.67. The maximum Gasteiger partial charge on any atom is 0.326 e. The Bertz CT molecular complexity index is 406. The monoisotopic (exact) mass is 292 g/mol. The number of hydrogen-bond donors (Lipinski definition) is 2. The Labute approximate surface area is 115 Å². The van der Waals surface area contributed by atoms with E-state index in [0.717, 1.165) is 4.90 Å². The van der Waals surface area contributed by atoms with E-state index in [4.69, 9.17) is 5.11 Å². The van der Waals surface area contributed by atoms with Crippen molar-refractivity contribution < 1.29 is 28.3 Å². The van der Waals surface area contributed by atoms with Crippen molar-refractivity contribution in [2.24, 2.45) is 5.92 Å². The first-order chi connectivity index (χ1) is 9.14. The minimum absolute atomic E-state index is 0.0199. The molecule has 0 radical (unpaired) electrons. The maximum atomic E-state index is 12.8. The topological polar surface area (TPSA) is 86.7 Å².